The van der Waals surface area contributed by atoms with Crippen LogP contribution in [0, 0.1) is 0 Å². The second kappa shape index (κ2) is 6.96. The van der Waals surface area contributed by atoms with Crippen molar-refractivity contribution in [3.8, 4) is 11.3 Å². The Balaban J connectivity index is 2.55. The predicted octanol–water partition coefficient (Wildman–Crippen LogP) is 3.46. The van der Waals surface area contributed by atoms with E-state index in [-0.39, 0.29) is 0 Å². The van der Waals surface area contributed by atoms with Crippen LogP contribution in [0.15, 0.2) is 37.2 Å². The van der Waals surface area contributed by atoms with Gasteiger partial charge in [-0.05, 0) is 39.3 Å². The lowest BCUT2D eigenvalue weighted by Gasteiger charge is -2.39. The second-order valence-electron chi connectivity index (χ2n) is 6.91. The molecule has 0 fully saturated rings. The largest absolute Gasteiger partial charge is 0.465 e. The van der Waals surface area contributed by atoms with Crippen molar-refractivity contribution in [3.05, 3.63) is 42.9 Å². The SMILES string of the molecule is C=CCC(c1cc(-c2c(N)cnn2C)ccn1)N(C(=O)O)C(C)(C)C. The molecular formula is C18H25N5O2. The number of nitrogens with two attached hydrogens (primary N) is 1. The third kappa shape index (κ3) is 3.81. The minimum atomic E-state index is -0.994. The fourth-order valence-electron chi connectivity index (χ4n) is 2.99. The van der Waals surface area contributed by atoms with E-state index in [1.807, 2.05) is 40.0 Å². The zero-order valence-electron chi connectivity index (χ0n) is 15.1. The normalized spacial score (nSPS) is 12.6. The van der Waals surface area contributed by atoms with E-state index in [9.17, 15) is 9.90 Å². The van der Waals surface area contributed by atoms with Gasteiger partial charge >= 0.3 is 6.09 Å². The van der Waals surface area contributed by atoms with Crippen molar-refractivity contribution in [1.29, 1.82) is 0 Å². The monoisotopic (exact) mass is 343 g/mol. The third-order valence-corrected chi connectivity index (χ3v) is 3.99. The number of aryl methyl sites for hydroxylation is 1. The highest BCUT2D eigenvalue weighted by molar-refractivity contribution is 5.73. The Bertz CT molecular complexity index is 757. The van der Waals surface area contributed by atoms with Crippen molar-refractivity contribution in [3.63, 3.8) is 0 Å². The maximum absolute atomic E-state index is 11.9. The average molecular weight is 343 g/mol. The van der Waals surface area contributed by atoms with Crippen molar-refractivity contribution < 1.29 is 9.90 Å². The van der Waals surface area contributed by atoms with Crippen LogP contribution in [-0.4, -0.2) is 36.4 Å². The highest BCUT2D eigenvalue weighted by Gasteiger charge is 2.34. The van der Waals surface area contributed by atoms with E-state index in [2.05, 4.69) is 16.7 Å². The van der Waals surface area contributed by atoms with Crippen LogP contribution < -0.4 is 5.73 Å². The summed E-state index contributed by atoms with van der Waals surface area (Å²) in [4.78, 5) is 17.7. The Hall–Kier alpha value is -2.83. The number of pyridine rings is 1. The molecule has 3 N–H and O–H groups in total. The van der Waals surface area contributed by atoms with Crippen molar-refractivity contribution >= 4 is 11.8 Å². The van der Waals surface area contributed by atoms with E-state index >= 15 is 0 Å². The number of carboxylic acid groups (broad SMARTS) is 1. The molecule has 0 aliphatic rings. The van der Waals surface area contributed by atoms with E-state index in [0.29, 0.717) is 17.8 Å². The lowest BCUT2D eigenvalue weighted by molar-refractivity contribution is 0.0691. The van der Waals surface area contributed by atoms with Gasteiger partial charge < -0.3 is 10.8 Å². The maximum Gasteiger partial charge on any atom is 0.408 e. The van der Waals surface area contributed by atoms with Crippen molar-refractivity contribution in [2.24, 2.45) is 7.05 Å². The molecule has 1 atom stereocenters. The van der Waals surface area contributed by atoms with Crippen LogP contribution in [-0.2, 0) is 7.05 Å². The van der Waals surface area contributed by atoms with Crippen LogP contribution in [0.2, 0.25) is 0 Å². The van der Waals surface area contributed by atoms with E-state index in [0.717, 1.165) is 11.3 Å². The summed E-state index contributed by atoms with van der Waals surface area (Å²) >= 11 is 0. The smallest absolute Gasteiger partial charge is 0.408 e. The number of nitrogens with zero attached hydrogens (tertiary/aromatic N) is 4. The molecular weight excluding hydrogens is 318 g/mol. The molecule has 7 heteroatoms. The molecule has 0 spiro atoms. The minimum absolute atomic E-state index is 0.440. The van der Waals surface area contributed by atoms with E-state index in [1.165, 1.54) is 4.90 Å². The summed E-state index contributed by atoms with van der Waals surface area (Å²) in [5.41, 5.74) is 8.26. The zero-order chi connectivity index (χ0) is 18.8. The van der Waals surface area contributed by atoms with E-state index in [1.54, 1.807) is 23.2 Å². The van der Waals surface area contributed by atoms with Crippen LogP contribution in [0.4, 0.5) is 10.5 Å². The molecule has 0 bridgehead atoms. The Morgan fingerprint density at radius 1 is 1.52 bits per heavy atom. The highest BCUT2D eigenvalue weighted by Crippen LogP contribution is 2.33. The van der Waals surface area contributed by atoms with Crippen molar-refractivity contribution in [2.45, 2.75) is 38.8 Å². The quantitative estimate of drug-likeness (QED) is 0.810. The first-order valence-corrected chi connectivity index (χ1v) is 8.03. The van der Waals surface area contributed by atoms with Gasteiger partial charge in [0.2, 0.25) is 0 Å². The Morgan fingerprint density at radius 3 is 2.68 bits per heavy atom. The lowest BCUT2D eigenvalue weighted by atomic mass is 9.98. The Kier molecular flexibility index (Phi) is 5.15. The van der Waals surface area contributed by atoms with Gasteiger partial charge in [0.25, 0.3) is 0 Å². The molecule has 0 saturated heterocycles. The first kappa shape index (κ1) is 18.5. The van der Waals surface area contributed by atoms with Gasteiger partial charge in [-0.1, -0.05) is 6.08 Å². The molecule has 0 radical (unpaired) electrons. The second-order valence-corrected chi connectivity index (χ2v) is 6.91. The molecule has 2 rings (SSSR count). The summed E-state index contributed by atoms with van der Waals surface area (Å²) in [6, 6.07) is 3.26. The molecule has 0 aliphatic carbocycles. The zero-order valence-corrected chi connectivity index (χ0v) is 15.1. The first-order valence-electron chi connectivity index (χ1n) is 8.03. The predicted molar refractivity (Wildman–Crippen MR) is 98.0 cm³/mol. The average Bonchev–Trinajstić information content (AvgIpc) is 2.84. The van der Waals surface area contributed by atoms with Crippen LogP contribution in [0.5, 0.6) is 0 Å². The minimum Gasteiger partial charge on any atom is -0.465 e. The molecule has 2 aromatic heterocycles. The summed E-state index contributed by atoms with van der Waals surface area (Å²) in [5.74, 6) is 0. The van der Waals surface area contributed by atoms with Crippen LogP contribution in [0.1, 0.15) is 38.9 Å². The number of hydrogen-bond donors (Lipinski definition) is 2. The first-order chi connectivity index (χ1) is 11.7. The van der Waals surface area contributed by atoms with Gasteiger partial charge in [0.1, 0.15) is 0 Å². The van der Waals surface area contributed by atoms with Crippen LogP contribution in [0.25, 0.3) is 11.3 Å². The molecule has 1 amide bonds. The van der Waals surface area contributed by atoms with E-state index < -0.39 is 17.7 Å². The highest BCUT2D eigenvalue weighted by atomic mass is 16.4. The van der Waals surface area contributed by atoms with Crippen LogP contribution >= 0.6 is 0 Å². The van der Waals surface area contributed by atoms with Crippen molar-refractivity contribution in [1.82, 2.24) is 19.7 Å². The lowest BCUT2D eigenvalue weighted by Crippen LogP contribution is -2.47. The summed E-state index contributed by atoms with van der Waals surface area (Å²) < 4.78 is 1.69. The maximum atomic E-state index is 11.9. The molecule has 2 heterocycles. The molecule has 0 aromatic carbocycles. The number of aromatic nitrogens is 3. The van der Waals surface area contributed by atoms with Gasteiger partial charge in [0.05, 0.1) is 29.3 Å². The molecule has 134 valence electrons. The standard InChI is InChI=1S/C18H25N5O2/c1-6-7-15(23(17(24)25)18(2,3)4)14-10-12(8-9-20-14)16-13(19)11-21-22(16)5/h6,8-11,15H,1,7,19H2,2-5H3,(H,24,25). The number of rotatable bonds is 5. The van der Waals surface area contributed by atoms with Gasteiger partial charge in [-0.3, -0.25) is 14.6 Å². The molecule has 0 saturated carbocycles. The van der Waals surface area contributed by atoms with Gasteiger partial charge in [0.15, 0.2) is 0 Å². The topological polar surface area (TPSA) is 97.3 Å². The number of nitrogen functional groups attached to an aromatic ring is 1. The van der Waals surface area contributed by atoms with Gasteiger partial charge in [-0.25, -0.2) is 4.79 Å². The fourth-order valence-corrected chi connectivity index (χ4v) is 2.99. The Labute approximate surface area is 147 Å². The van der Waals surface area contributed by atoms with E-state index in [4.69, 9.17) is 5.73 Å². The molecule has 1 unspecified atom stereocenters. The molecule has 0 aliphatic heterocycles. The fraction of sp³-hybridized carbons (Fsp3) is 0.389. The number of amides is 1. The Morgan fingerprint density at radius 2 is 2.20 bits per heavy atom. The van der Waals surface area contributed by atoms with Crippen molar-refractivity contribution in [2.75, 3.05) is 5.73 Å². The number of anilines is 1. The summed E-state index contributed by atoms with van der Waals surface area (Å²) in [5, 5.41) is 13.9. The molecule has 25 heavy (non-hydrogen) atoms. The van der Waals surface area contributed by atoms with Gasteiger partial charge in [-0.2, -0.15) is 5.10 Å². The number of carbonyl (C=O) groups is 1. The third-order valence-electron chi connectivity index (χ3n) is 3.99. The number of hydrogen-bond acceptors (Lipinski definition) is 4. The van der Waals surface area contributed by atoms with Gasteiger partial charge in [-0.15, -0.1) is 6.58 Å². The van der Waals surface area contributed by atoms with Crippen LogP contribution in [0.3, 0.4) is 0 Å². The van der Waals surface area contributed by atoms with Gasteiger partial charge in [0, 0.05) is 24.3 Å². The molecule has 7 nitrogen and oxygen atoms in total. The summed E-state index contributed by atoms with van der Waals surface area (Å²) in [6.07, 6.45) is 4.43. The summed E-state index contributed by atoms with van der Waals surface area (Å²) in [7, 11) is 1.81. The molecule has 2 aromatic rings. The summed E-state index contributed by atoms with van der Waals surface area (Å²) in [6.45, 7) is 9.35.